The Balaban J connectivity index is 1.94. The van der Waals surface area contributed by atoms with Crippen molar-refractivity contribution in [1.82, 2.24) is 0 Å². The highest BCUT2D eigenvalue weighted by Crippen LogP contribution is 2.50. The van der Waals surface area contributed by atoms with Gasteiger partial charge in [-0.1, -0.05) is 30.3 Å². The summed E-state index contributed by atoms with van der Waals surface area (Å²) in [7, 11) is 3.11. The number of methoxy groups -OCH3 is 2. The highest BCUT2D eigenvalue weighted by molar-refractivity contribution is 5.79. The maximum absolute atomic E-state index is 12.4. The Morgan fingerprint density at radius 1 is 1.12 bits per heavy atom. The van der Waals surface area contributed by atoms with Crippen LogP contribution >= 0.6 is 0 Å². The SMILES string of the molecule is COc1ccc([C@]2(O)c3ccccc3C[C@@H]3COC(=O)[C@H]32)cc1OC. The van der Waals surface area contributed by atoms with Crippen LogP contribution in [0.4, 0.5) is 0 Å². The van der Waals surface area contributed by atoms with E-state index in [1.165, 1.54) is 0 Å². The standard InChI is InChI=1S/C20H20O5/c1-23-16-8-7-14(10-17(16)24-2)20(22)15-6-4-3-5-12(15)9-13-11-25-19(21)18(13)20/h3-8,10,13,18,22H,9,11H2,1-2H3/t13-,18+,20+/m1/s1. The van der Waals surface area contributed by atoms with E-state index in [9.17, 15) is 9.90 Å². The third-order valence-electron chi connectivity index (χ3n) is 5.35. The fraction of sp³-hybridized carbons (Fsp3) is 0.350. The van der Waals surface area contributed by atoms with E-state index in [-0.39, 0.29) is 11.9 Å². The molecule has 2 aromatic carbocycles. The summed E-state index contributed by atoms with van der Waals surface area (Å²) in [6, 6.07) is 13.0. The molecule has 1 N–H and O–H groups in total. The monoisotopic (exact) mass is 340 g/mol. The first-order valence-electron chi connectivity index (χ1n) is 8.29. The second kappa shape index (κ2) is 5.77. The van der Waals surface area contributed by atoms with Crippen LogP contribution in [-0.2, 0) is 21.6 Å². The minimum Gasteiger partial charge on any atom is -0.493 e. The topological polar surface area (TPSA) is 65.0 Å². The summed E-state index contributed by atoms with van der Waals surface area (Å²) in [5, 5.41) is 11.8. The molecule has 0 amide bonds. The van der Waals surface area contributed by atoms with Gasteiger partial charge in [-0.15, -0.1) is 0 Å². The molecule has 25 heavy (non-hydrogen) atoms. The number of rotatable bonds is 3. The van der Waals surface area contributed by atoms with Gasteiger partial charge in [-0.3, -0.25) is 4.79 Å². The van der Waals surface area contributed by atoms with Gasteiger partial charge < -0.3 is 19.3 Å². The number of fused-ring (bicyclic) bond motifs is 2. The highest BCUT2D eigenvalue weighted by atomic mass is 16.5. The Hall–Kier alpha value is -2.53. The number of esters is 1. The van der Waals surface area contributed by atoms with Gasteiger partial charge in [0.25, 0.3) is 0 Å². The van der Waals surface area contributed by atoms with Gasteiger partial charge in [0.2, 0.25) is 0 Å². The Labute approximate surface area is 146 Å². The summed E-state index contributed by atoms with van der Waals surface area (Å²) in [4.78, 5) is 12.4. The number of hydrogen-bond acceptors (Lipinski definition) is 5. The fourth-order valence-electron chi connectivity index (χ4n) is 4.18. The zero-order chi connectivity index (χ0) is 17.6. The zero-order valence-electron chi connectivity index (χ0n) is 14.2. The number of carbonyl (C=O) groups excluding carboxylic acids is 1. The van der Waals surface area contributed by atoms with Crippen LogP contribution in [0.25, 0.3) is 0 Å². The summed E-state index contributed by atoms with van der Waals surface area (Å²) in [5.74, 6) is 0.0710. The van der Waals surface area contributed by atoms with Crippen LogP contribution in [0.3, 0.4) is 0 Å². The molecule has 0 radical (unpaired) electrons. The number of ether oxygens (including phenoxy) is 3. The van der Waals surface area contributed by atoms with Gasteiger partial charge >= 0.3 is 5.97 Å². The minimum atomic E-state index is -1.45. The van der Waals surface area contributed by atoms with E-state index in [2.05, 4.69) is 0 Å². The summed E-state index contributed by atoms with van der Waals surface area (Å²) in [6.07, 6.45) is 0.724. The van der Waals surface area contributed by atoms with Crippen molar-refractivity contribution in [1.29, 1.82) is 0 Å². The predicted octanol–water partition coefficient (Wildman–Crippen LogP) is 2.29. The van der Waals surface area contributed by atoms with E-state index in [1.54, 1.807) is 32.4 Å². The molecule has 4 rings (SSSR count). The van der Waals surface area contributed by atoms with Crippen LogP contribution in [-0.4, -0.2) is 31.9 Å². The third kappa shape index (κ3) is 2.23. The van der Waals surface area contributed by atoms with Crippen LogP contribution < -0.4 is 9.47 Å². The van der Waals surface area contributed by atoms with Crippen LogP contribution in [0.5, 0.6) is 11.5 Å². The molecule has 3 atom stereocenters. The number of benzene rings is 2. The van der Waals surface area contributed by atoms with E-state index >= 15 is 0 Å². The van der Waals surface area contributed by atoms with Crippen LogP contribution in [0.15, 0.2) is 42.5 Å². The Kier molecular flexibility index (Phi) is 3.69. The fourth-order valence-corrected chi connectivity index (χ4v) is 4.18. The molecule has 0 unspecified atom stereocenters. The van der Waals surface area contributed by atoms with Crippen molar-refractivity contribution in [2.24, 2.45) is 11.8 Å². The average molecular weight is 340 g/mol. The lowest BCUT2D eigenvalue weighted by Gasteiger charge is -2.41. The van der Waals surface area contributed by atoms with Gasteiger partial charge in [0.05, 0.1) is 20.8 Å². The second-order valence-corrected chi connectivity index (χ2v) is 6.57. The largest absolute Gasteiger partial charge is 0.493 e. The summed E-state index contributed by atoms with van der Waals surface area (Å²) < 4.78 is 16.0. The molecule has 1 heterocycles. The Morgan fingerprint density at radius 3 is 2.64 bits per heavy atom. The third-order valence-corrected chi connectivity index (χ3v) is 5.35. The number of carbonyl (C=O) groups is 1. The van der Waals surface area contributed by atoms with E-state index < -0.39 is 11.5 Å². The van der Waals surface area contributed by atoms with Gasteiger partial charge in [-0.25, -0.2) is 0 Å². The van der Waals surface area contributed by atoms with Crippen molar-refractivity contribution >= 4 is 5.97 Å². The van der Waals surface area contributed by atoms with E-state index in [0.717, 1.165) is 17.5 Å². The molecule has 0 bridgehead atoms. The molecule has 5 nitrogen and oxygen atoms in total. The van der Waals surface area contributed by atoms with Gasteiger partial charge in [-0.05, 0) is 35.2 Å². The molecule has 0 spiro atoms. The van der Waals surface area contributed by atoms with E-state index in [4.69, 9.17) is 14.2 Å². The first-order valence-corrected chi connectivity index (χ1v) is 8.29. The van der Waals surface area contributed by atoms with E-state index in [1.807, 2.05) is 24.3 Å². The van der Waals surface area contributed by atoms with Crippen molar-refractivity contribution in [3.8, 4) is 11.5 Å². The molecule has 1 saturated heterocycles. The highest BCUT2D eigenvalue weighted by Gasteiger charge is 2.56. The maximum Gasteiger partial charge on any atom is 0.313 e. The van der Waals surface area contributed by atoms with Gasteiger partial charge in [-0.2, -0.15) is 0 Å². The summed E-state index contributed by atoms with van der Waals surface area (Å²) in [5.41, 5.74) is 0.944. The van der Waals surface area contributed by atoms with Crippen molar-refractivity contribution in [2.45, 2.75) is 12.0 Å². The van der Waals surface area contributed by atoms with Crippen molar-refractivity contribution in [3.63, 3.8) is 0 Å². The lowest BCUT2D eigenvalue weighted by Crippen LogP contribution is -2.46. The Bertz CT molecular complexity index is 831. The normalized spacial score (nSPS) is 27.2. The quantitative estimate of drug-likeness (QED) is 0.869. The van der Waals surface area contributed by atoms with Crippen LogP contribution in [0.1, 0.15) is 16.7 Å². The zero-order valence-corrected chi connectivity index (χ0v) is 14.2. The molecule has 0 saturated carbocycles. The molecule has 1 aliphatic heterocycles. The lowest BCUT2D eigenvalue weighted by molar-refractivity contribution is -0.148. The van der Waals surface area contributed by atoms with Gasteiger partial charge in [0, 0.05) is 5.92 Å². The molecule has 130 valence electrons. The maximum atomic E-state index is 12.4. The molecular weight excluding hydrogens is 320 g/mol. The second-order valence-electron chi connectivity index (χ2n) is 6.57. The first-order chi connectivity index (χ1) is 12.1. The molecule has 1 aliphatic carbocycles. The molecular formula is C20H20O5. The van der Waals surface area contributed by atoms with Crippen molar-refractivity contribution in [3.05, 3.63) is 59.2 Å². The number of hydrogen-bond donors (Lipinski definition) is 1. The molecule has 0 aromatic heterocycles. The van der Waals surface area contributed by atoms with Crippen molar-refractivity contribution < 1.29 is 24.1 Å². The van der Waals surface area contributed by atoms with Crippen LogP contribution in [0, 0.1) is 11.8 Å². The van der Waals surface area contributed by atoms with Crippen molar-refractivity contribution in [2.75, 3.05) is 20.8 Å². The van der Waals surface area contributed by atoms with Crippen LogP contribution in [0.2, 0.25) is 0 Å². The number of cyclic esters (lactones) is 1. The summed E-state index contributed by atoms with van der Waals surface area (Å²) >= 11 is 0. The molecule has 2 aromatic rings. The molecule has 5 heteroatoms. The smallest absolute Gasteiger partial charge is 0.313 e. The van der Waals surface area contributed by atoms with E-state index in [0.29, 0.717) is 23.7 Å². The first kappa shape index (κ1) is 16.0. The number of aliphatic hydroxyl groups is 1. The summed E-state index contributed by atoms with van der Waals surface area (Å²) in [6.45, 7) is 0.341. The molecule has 2 aliphatic rings. The predicted molar refractivity (Wildman–Crippen MR) is 90.6 cm³/mol. The Morgan fingerprint density at radius 2 is 1.88 bits per heavy atom. The molecule has 1 fully saturated rings. The minimum absolute atomic E-state index is 0.0412. The van der Waals surface area contributed by atoms with Gasteiger partial charge in [0.15, 0.2) is 11.5 Å². The average Bonchev–Trinajstić information content (AvgIpc) is 3.02. The van der Waals surface area contributed by atoms with Gasteiger partial charge in [0.1, 0.15) is 11.5 Å². The lowest BCUT2D eigenvalue weighted by atomic mass is 9.64.